The zero-order valence-corrected chi connectivity index (χ0v) is 17.5. The van der Waals surface area contributed by atoms with Crippen LogP contribution in [0.4, 0.5) is 5.82 Å². The zero-order valence-electron chi connectivity index (χ0n) is 17.5. The zero-order chi connectivity index (χ0) is 21.1. The van der Waals surface area contributed by atoms with Crippen molar-refractivity contribution in [1.82, 2.24) is 15.3 Å². The van der Waals surface area contributed by atoms with Crippen molar-refractivity contribution in [2.45, 2.75) is 32.7 Å². The topological polar surface area (TPSA) is 84.1 Å². The Hall–Kier alpha value is -3.02. The van der Waals surface area contributed by atoms with Crippen LogP contribution in [0.25, 0.3) is 21.8 Å². The lowest BCUT2D eigenvalue weighted by Crippen LogP contribution is -2.22. The van der Waals surface area contributed by atoms with E-state index in [2.05, 4.69) is 77.7 Å². The number of anilines is 1. The molecular weight excluding hydrogens is 372 g/mol. The molecule has 2 heterocycles. The van der Waals surface area contributed by atoms with Gasteiger partial charge in [0.25, 0.3) is 0 Å². The largest absolute Gasteiger partial charge is 0.395 e. The van der Waals surface area contributed by atoms with E-state index in [4.69, 9.17) is 10.8 Å². The number of hydrogen-bond acceptors (Lipinski definition) is 5. The Kier molecular flexibility index (Phi) is 5.93. The minimum absolute atomic E-state index is 0.149. The van der Waals surface area contributed by atoms with E-state index in [1.807, 2.05) is 6.20 Å². The molecule has 2 aromatic heterocycles. The second-order valence-electron chi connectivity index (χ2n) is 7.85. The van der Waals surface area contributed by atoms with Gasteiger partial charge in [0.2, 0.25) is 0 Å². The molecule has 154 valence electrons. The predicted molar refractivity (Wildman–Crippen MR) is 124 cm³/mol. The van der Waals surface area contributed by atoms with Gasteiger partial charge >= 0.3 is 0 Å². The molecule has 5 heteroatoms. The van der Waals surface area contributed by atoms with Gasteiger partial charge in [-0.25, -0.2) is 4.98 Å². The predicted octanol–water partition coefficient (Wildman–Crippen LogP) is 4.10. The van der Waals surface area contributed by atoms with Gasteiger partial charge in [-0.3, -0.25) is 4.98 Å². The lowest BCUT2D eigenvalue weighted by Gasteiger charge is -2.14. The number of pyridine rings is 2. The van der Waals surface area contributed by atoms with E-state index in [1.54, 1.807) is 0 Å². The lowest BCUT2D eigenvalue weighted by molar-refractivity contribution is 0.286. The van der Waals surface area contributed by atoms with Crippen LogP contribution in [-0.2, 0) is 12.8 Å². The number of nitrogens with zero attached hydrogens (tertiary/aromatic N) is 2. The highest BCUT2D eigenvalue weighted by molar-refractivity contribution is 6.09. The molecule has 0 amide bonds. The van der Waals surface area contributed by atoms with Gasteiger partial charge in [-0.05, 0) is 61.1 Å². The van der Waals surface area contributed by atoms with E-state index in [1.165, 1.54) is 22.3 Å². The summed E-state index contributed by atoms with van der Waals surface area (Å²) in [7, 11) is 0. The Bertz CT molecular complexity index is 1170. The van der Waals surface area contributed by atoms with E-state index in [9.17, 15) is 0 Å². The lowest BCUT2D eigenvalue weighted by atomic mass is 9.97. The molecule has 0 saturated heterocycles. The first-order valence-electron chi connectivity index (χ1n) is 10.4. The van der Waals surface area contributed by atoms with Crippen LogP contribution in [0.15, 0.2) is 54.7 Å². The second kappa shape index (κ2) is 8.78. The summed E-state index contributed by atoms with van der Waals surface area (Å²) in [5.41, 5.74) is 12.9. The van der Waals surface area contributed by atoms with Crippen LogP contribution in [0.2, 0.25) is 0 Å². The minimum atomic E-state index is 0.149. The summed E-state index contributed by atoms with van der Waals surface area (Å²) < 4.78 is 0. The summed E-state index contributed by atoms with van der Waals surface area (Å²) in [6, 6.07) is 17.3. The smallest absolute Gasteiger partial charge is 0.150 e. The molecule has 0 fully saturated rings. The number of fused-ring (bicyclic) bond motifs is 3. The molecule has 0 saturated carbocycles. The fourth-order valence-corrected chi connectivity index (χ4v) is 3.98. The monoisotopic (exact) mass is 400 g/mol. The van der Waals surface area contributed by atoms with Crippen LogP contribution in [-0.4, -0.2) is 28.2 Å². The summed E-state index contributed by atoms with van der Waals surface area (Å²) in [6.07, 6.45) is 3.67. The van der Waals surface area contributed by atoms with E-state index in [0.717, 1.165) is 34.6 Å². The molecule has 4 rings (SSSR count). The molecule has 0 bridgehead atoms. The van der Waals surface area contributed by atoms with Gasteiger partial charge in [0.15, 0.2) is 5.82 Å². The minimum Gasteiger partial charge on any atom is -0.395 e. The van der Waals surface area contributed by atoms with Gasteiger partial charge in [-0.1, -0.05) is 36.4 Å². The molecule has 0 aliphatic carbocycles. The molecule has 0 aliphatic rings. The number of aryl methyl sites for hydroxylation is 3. The Morgan fingerprint density at radius 1 is 1.07 bits per heavy atom. The number of benzene rings is 2. The van der Waals surface area contributed by atoms with Gasteiger partial charge < -0.3 is 16.2 Å². The van der Waals surface area contributed by atoms with Gasteiger partial charge in [0.1, 0.15) is 5.52 Å². The van der Waals surface area contributed by atoms with Crippen LogP contribution in [0.5, 0.6) is 0 Å². The third-order valence-electron chi connectivity index (χ3n) is 5.67. The normalized spacial score (nSPS) is 12.5. The quantitative estimate of drug-likeness (QED) is 0.407. The molecule has 0 aliphatic heterocycles. The first kappa shape index (κ1) is 20.3. The SMILES string of the molecule is Cc1ccc2c(c1)nc(N)c1nccc(CCc3ccc(C(C)NCCO)cc3)c12. The molecule has 1 unspecified atom stereocenters. The average molecular weight is 401 g/mol. The van der Waals surface area contributed by atoms with Crippen molar-refractivity contribution in [3.05, 3.63) is 77.0 Å². The molecule has 0 spiro atoms. The molecule has 4 aromatic rings. The third kappa shape index (κ3) is 4.13. The van der Waals surface area contributed by atoms with Crippen LogP contribution < -0.4 is 11.1 Å². The van der Waals surface area contributed by atoms with Crippen molar-refractivity contribution < 1.29 is 5.11 Å². The van der Waals surface area contributed by atoms with E-state index in [-0.39, 0.29) is 12.6 Å². The summed E-state index contributed by atoms with van der Waals surface area (Å²) in [6.45, 7) is 4.93. The molecule has 2 aromatic carbocycles. The third-order valence-corrected chi connectivity index (χ3v) is 5.67. The molecule has 30 heavy (non-hydrogen) atoms. The number of aliphatic hydroxyl groups is 1. The van der Waals surface area contributed by atoms with E-state index in [0.29, 0.717) is 12.4 Å². The molecule has 1 atom stereocenters. The number of nitrogens with one attached hydrogen (secondary N) is 1. The van der Waals surface area contributed by atoms with Crippen molar-refractivity contribution in [1.29, 1.82) is 0 Å². The van der Waals surface area contributed by atoms with Crippen LogP contribution >= 0.6 is 0 Å². The molecule has 0 radical (unpaired) electrons. The van der Waals surface area contributed by atoms with Gasteiger partial charge in [-0.15, -0.1) is 0 Å². The molecule has 4 N–H and O–H groups in total. The highest BCUT2D eigenvalue weighted by atomic mass is 16.3. The summed E-state index contributed by atoms with van der Waals surface area (Å²) in [4.78, 5) is 9.08. The van der Waals surface area contributed by atoms with Crippen molar-refractivity contribution >= 4 is 27.6 Å². The first-order chi connectivity index (χ1) is 14.6. The molecular formula is C25H28N4O. The first-order valence-corrected chi connectivity index (χ1v) is 10.4. The van der Waals surface area contributed by atoms with E-state index < -0.39 is 0 Å². The van der Waals surface area contributed by atoms with Crippen molar-refractivity contribution in [2.75, 3.05) is 18.9 Å². The Morgan fingerprint density at radius 3 is 2.63 bits per heavy atom. The summed E-state index contributed by atoms with van der Waals surface area (Å²) in [5.74, 6) is 0.485. The summed E-state index contributed by atoms with van der Waals surface area (Å²) >= 11 is 0. The highest BCUT2D eigenvalue weighted by Gasteiger charge is 2.12. The maximum atomic E-state index is 8.98. The summed E-state index contributed by atoms with van der Waals surface area (Å²) in [5, 5.41) is 14.5. The highest BCUT2D eigenvalue weighted by Crippen LogP contribution is 2.30. The maximum absolute atomic E-state index is 8.98. The number of rotatable bonds is 7. The van der Waals surface area contributed by atoms with Crippen LogP contribution in [0.1, 0.15) is 35.2 Å². The second-order valence-corrected chi connectivity index (χ2v) is 7.85. The average Bonchev–Trinajstić information content (AvgIpc) is 2.76. The standard InChI is InChI=1S/C25H28N4O/c1-16-3-10-21-22(15-16)29-25(26)24-23(21)20(11-12-28-24)9-6-18-4-7-19(8-5-18)17(2)27-13-14-30/h3-5,7-8,10-12,15,17,27,30H,6,9,13-14H2,1-2H3,(H2,26,29). The Morgan fingerprint density at radius 2 is 1.87 bits per heavy atom. The number of nitrogen functional groups attached to an aromatic ring is 1. The van der Waals surface area contributed by atoms with Gasteiger partial charge in [-0.2, -0.15) is 0 Å². The number of aliphatic hydroxyl groups excluding tert-OH is 1. The van der Waals surface area contributed by atoms with Gasteiger partial charge in [0, 0.05) is 29.6 Å². The fourth-order valence-electron chi connectivity index (χ4n) is 3.98. The van der Waals surface area contributed by atoms with E-state index >= 15 is 0 Å². The number of nitrogens with two attached hydrogens (primary N) is 1. The van der Waals surface area contributed by atoms with Crippen molar-refractivity contribution in [3.8, 4) is 0 Å². The molecule has 5 nitrogen and oxygen atoms in total. The Labute approximate surface area is 177 Å². The maximum Gasteiger partial charge on any atom is 0.150 e. The van der Waals surface area contributed by atoms with Crippen molar-refractivity contribution in [2.24, 2.45) is 0 Å². The Balaban J connectivity index is 1.61. The van der Waals surface area contributed by atoms with Crippen LogP contribution in [0, 0.1) is 6.92 Å². The number of aromatic nitrogens is 2. The van der Waals surface area contributed by atoms with Crippen LogP contribution in [0.3, 0.4) is 0 Å². The van der Waals surface area contributed by atoms with Gasteiger partial charge in [0.05, 0.1) is 12.1 Å². The number of hydrogen-bond donors (Lipinski definition) is 3. The fraction of sp³-hybridized carbons (Fsp3) is 0.280. The van der Waals surface area contributed by atoms with Crippen molar-refractivity contribution in [3.63, 3.8) is 0 Å².